The number of nitrogens with zero attached hydrogens (tertiary/aromatic N) is 2. The first-order chi connectivity index (χ1) is 18.7. The number of anilines is 1. The van der Waals surface area contributed by atoms with Crippen molar-refractivity contribution in [1.82, 2.24) is 9.88 Å². The minimum atomic E-state index is -1.00. The Morgan fingerprint density at radius 1 is 0.897 bits per heavy atom. The molecule has 0 bridgehead atoms. The molecule has 4 aromatic rings. The zero-order valence-electron chi connectivity index (χ0n) is 21.0. The van der Waals surface area contributed by atoms with E-state index in [1.807, 2.05) is 54.8 Å². The molecule has 9 heteroatoms. The summed E-state index contributed by atoms with van der Waals surface area (Å²) in [4.78, 5) is 38.8. The average Bonchev–Trinajstić information content (AvgIpc) is 3.20. The van der Waals surface area contributed by atoms with Crippen molar-refractivity contribution in [3.63, 3.8) is 0 Å². The lowest BCUT2D eigenvalue weighted by Gasteiger charge is -2.29. The third kappa shape index (κ3) is 5.07. The number of aromatic nitrogens is 1. The molecule has 0 spiro atoms. The molecule has 1 saturated heterocycles. The molecule has 0 unspecified atom stereocenters. The van der Waals surface area contributed by atoms with E-state index in [-0.39, 0.29) is 16.2 Å². The molecule has 0 saturated carbocycles. The van der Waals surface area contributed by atoms with Gasteiger partial charge in [0.05, 0.1) is 11.3 Å². The molecular weight excluding hydrogens is 514 g/mol. The maximum absolute atomic E-state index is 13.5. The van der Waals surface area contributed by atoms with Gasteiger partial charge < -0.3 is 14.4 Å². The molecule has 1 aliphatic heterocycles. The Kier molecular flexibility index (Phi) is 6.83. The molecule has 1 fully saturated rings. The third-order valence-corrected chi connectivity index (χ3v) is 6.60. The molecule has 0 aliphatic carbocycles. The number of hydrogen-bond donors (Lipinski definition) is 2. The molecule has 194 valence electrons. The molecule has 0 atom stereocenters. The fourth-order valence-electron chi connectivity index (χ4n) is 4.42. The number of carbonyl (C=O) groups is 3. The first-order valence-corrected chi connectivity index (χ1v) is 12.4. The van der Waals surface area contributed by atoms with E-state index in [1.54, 1.807) is 42.5 Å². The number of para-hydroxylation sites is 1. The lowest BCUT2D eigenvalue weighted by atomic mass is 10.1. The number of hydrogen-bond acceptors (Lipinski definition) is 5. The van der Waals surface area contributed by atoms with Crippen molar-refractivity contribution in [2.24, 2.45) is 0 Å². The van der Waals surface area contributed by atoms with Gasteiger partial charge in [-0.3, -0.25) is 19.8 Å². The third-order valence-electron chi connectivity index (χ3n) is 6.32. The zero-order chi connectivity index (χ0) is 27.7. The predicted octanol–water partition coefficient (Wildman–Crippen LogP) is 5.42. The summed E-state index contributed by atoms with van der Waals surface area (Å²) in [6.07, 6.45) is 1.55. The van der Waals surface area contributed by atoms with Gasteiger partial charge in [0.15, 0.2) is 5.11 Å². The van der Waals surface area contributed by atoms with Crippen molar-refractivity contribution in [2.45, 2.75) is 13.8 Å². The standard InChI is InChI=1S/C30H23N3O5S/c1-18-16-21(19(2)32(18)22-10-8-20(9-11-22)29(36)37)17-26-27(34)31-30(39)33(28(26)35)23-12-14-25(15-13-23)38-24-6-4-3-5-7-24/h3-17H,1-2H3,(H,36,37)(H,31,34,39). The SMILES string of the molecule is Cc1cc(C=C2C(=O)NC(=S)N(c3ccc(Oc4ccccc4)cc3)C2=O)c(C)n1-c1ccc(C(=O)O)cc1. The van der Waals surface area contributed by atoms with Crippen LogP contribution in [-0.4, -0.2) is 32.6 Å². The number of thiocarbonyl (C=S) groups is 1. The second-order valence-electron chi connectivity index (χ2n) is 8.88. The number of carboxylic acids is 1. The normalized spacial score (nSPS) is 14.5. The van der Waals surface area contributed by atoms with Crippen LogP contribution in [0.15, 0.2) is 90.5 Å². The van der Waals surface area contributed by atoms with Crippen LogP contribution in [0.1, 0.15) is 27.3 Å². The first kappa shape index (κ1) is 25.6. The van der Waals surface area contributed by atoms with E-state index in [9.17, 15) is 19.5 Å². The van der Waals surface area contributed by atoms with Crippen molar-refractivity contribution in [2.75, 3.05) is 4.90 Å². The summed E-state index contributed by atoms with van der Waals surface area (Å²) in [5.74, 6) is -0.862. The fraction of sp³-hybridized carbons (Fsp3) is 0.0667. The van der Waals surface area contributed by atoms with E-state index in [2.05, 4.69) is 5.32 Å². The molecule has 8 nitrogen and oxygen atoms in total. The number of aryl methyl sites for hydroxylation is 1. The van der Waals surface area contributed by atoms with Crippen molar-refractivity contribution >= 4 is 46.9 Å². The van der Waals surface area contributed by atoms with Crippen LogP contribution in [0.25, 0.3) is 11.8 Å². The maximum Gasteiger partial charge on any atom is 0.335 e. The highest BCUT2D eigenvalue weighted by atomic mass is 32.1. The maximum atomic E-state index is 13.5. The lowest BCUT2D eigenvalue weighted by molar-refractivity contribution is -0.122. The average molecular weight is 538 g/mol. The Morgan fingerprint density at radius 2 is 1.51 bits per heavy atom. The number of ether oxygens (including phenoxy) is 1. The molecule has 0 radical (unpaired) electrons. The molecule has 1 aliphatic rings. The predicted molar refractivity (Wildman–Crippen MR) is 151 cm³/mol. The highest BCUT2D eigenvalue weighted by Crippen LogP contribution is 2.28. The van der Waals surface area contributed by atoms with E-state index in [0.717, 1.165) is 17.1 Å². The number of aromatic carboxylic acids is 1. The van der Waals surface area contributed by atoms with Crippen LogP contribution in [-0.2, 0) is 9.59 Å². The number of amides is 2. The van der Waals surface area contributed by atoms with Gasteiger partial charge in [0.25, 0.3) is 11.8 Å². The first-order valence-electron chi connectivity index (χ1n) is 12.0. The Balaban J connectivity index is 1.43. The minimum absolute atomic E-state index is 0.0112. The monoisotopic (exact) mass is 537 g/mol. The fourth-order valence-corrected chi connectivity index (χ4v) is 4.70. The van der Waals surface area contributed by atoms with Crippen LogP contribution < -0.4 is 15.0 Å². The Bertz CT molecular complexity index is 1640. The summed E-state index contributed by atoms with van der Waals surface area (Å²) in [7, 11) is 0. The lowest BCUT2D eigenvalue weighted by Crippen LogP contribution is -2.54. The Morgan fingerprint density at radius 3 is 2.15 bits per heavy atom. The minimum Gasteiger partial charge on any atom is -0.478 e. The Hall–Kier alpha value is -5.02. The van der Waals surface area contributed by atoms with E-state index in [0.29, 0.717) is 22.7 Å². The number of nitrogens with one attached hydrogen (secondary N) is 1. The second-order valence-corrected chi connectivity index (χ2v) is 9.27. The quantitative estimate of drug-likeness (QED) is 0.194. The van der Waals surface area contributed by atoms with Crippen LogP contribution in [0, 0.1) is 13.8 Å². The van der Waals surface area contributed by atoms with Crippen LogP contribution in [0.2, 0.25) is 0 Å². The highest BCUT2D eigenvalue weighted by Gasteiger charge is 2.34. The molecule has 39 heavy (non-hydrogen) atoms. The van der Waals surface area contributed by atoms with Gasteiger partial charge in [0.2, 0.25) is 0 Å². The summed E-state index contributed by atoms with van der Waals surface area (Å²) in [5, 5.41) is 11.8. The zero-order valence-corrected chi connectivity index (χ0v) is 21.9. The summed E-state index contributed by atoms with van der Waals surface area (Å²) >= 11 is 5.33. The van der Waals surface area contributed by atoms with Crippen molar-refractivity contribution in [1.29, 1.82) is 0 Å². The number of rotatable bonds is 6. The van der Waals surface area contributed by atoms with Crippen molar-refractivity contribution < 1.29 is 24.2 Å². The van der Waals surface area contributed by atoms with Gasteiger partial charge in [-0.05, 0) is 104 Å². The second kappa shape index (κ2) is 10.4. The topological polar surface area (TPSA) is 101 Å². The molecule has 2 heterocycles. The molecule has 1 aromatic heterocycles. The van der Waals surface area contributed by atoms with Crippen LogP contribution in [0.5, 0.6) is 11.5 Å². The molecule has 2 N–H and O–H groups in total. The smallest absolute Gasteiger partial charge is 0.335 e. The molecule has 5 rings (SSSR count). The van der Waals surface area contributed by atoms with Gasteiger partial charge in [0.1, 0.15) is 17.1 Å². The van der Waals surface area contributed by atoms with Gasteiger partial charge in [0, 0.05) is 17.1 Å². The van der Waals surface area contributed by atoms with Crippen LogP contribution in [0.4, 0.5) is 5.69 Å². The van der Waals surface area contributed by atoms with E-state index < -0.39 is 17.8 Å². The van der Waals surface area contributed by atoms with E-state index in [4.69, 9.17) is 17.0 Å². The van der Waals surface area contributed by atoms with Crippen LogP contribution in [0.3, 0.4) is 0 Å². The number of benzene rings is 3. The summed E-state index contributed by atoms with van der Waals surface area (Å²) in [6.45, 7) is 3.76. The van der Waals surface area contributed by atoms with Gasteiger partial charge in [-0.1, -0.05) is 18.2 Å². The number of carbonyl (C=O) groups excluding carboxylic acids is 2. The van der Waals surface area contributed by atoms with Crippen molar-refractivity contribution in [3.05, 3.63) is 113 Å². The molecule has 3 aromatic carbocycles. The van der Waals surface area contributed by atoms with Gasteiger partial charge in [-0.15, -0.1) is 0 Å². The Labute approximate surface area is 229 Å². The largest absolute Gasteiger partial charge is 0.478 e. The van der Waals surface area contributed by atoms with E-state index >= 15 is 0 Å². The summed E-state index contributed by atoms with van der Waals surface area (Å²) in [5.41, 5.74) is 3.68. The summed E-state index contributed by atoms with van der Waals surface area (Å²) < 4.78 is 7.75. The molecule has 2 amide bonds. The summed E-state index contributed by atoms with van der Waals surface area (Å²) in [6, 6.07) is 24.5. The van der Waals surface area contributed by atoms with Gasteiger partial charge >= 0.3 is 5.97 Å². The van der Waals surface area contributed by atoms with E-state index in [1.165, 1.54) is 17.0 Å². The van der Waals surface area contributed by atoms with Gasteiger partial charge in [-0.2, -0.15) is 0 Å². The van der Waals surface area contributed by atoms with Gasteiger partial charge in [-0.25, -0.2) is 4.79 Å². The highest BCUT2D eigenvalue weighted by molar-refractivity contribution is 7.80. The molecular formula is C30H23N3O5S. The number of carboxylic acid groups (broad SMARTS) is 1. The van der Waals surface area contributed by atoms with Crippen LogP contribution >= 0.6 is 12.2 Å². The van der Waals surface area contributed by atoms with Crippen molar-refractivity contribution in [3.8, 4) is 17.2 Å².